The highest BCUT2D eigenvalue weighted by Gasteiger charge is 2.25. The zero-order valence-corrected chi connectivity index (χ0v) is 18.3. The van der Waals surface area contributed by atoms with Gasteiger partial charge in [0.2, 0.25) is 5.75 Å². The van der Waals surface area contributed by atoms with Gasteiger partial charge in [0.05, 0.1) is 47.5 Å². The SMILES string of the molecule is COc1ccc(CN(C)C(=O)C[NH+]2CCN(c3ccccc3)CC2)c(OC)c1OC. The Hall–Kier alpha value is -2.93. The molecular weight excluding hydrogens is 382 g/mol. The molecule has 1 amide bonds. The fraction of sp³-hybridized carbons (Fsp3) is 0.435. The molecule has 2 aromatic carbocycles. The summed E-state index contributed by atoms with van der Waals surface area (Å²) in [6.07, 6.45) is 0. The van der Waals surface area contributed by atoms with Crippen molar-refractivity contribution in [3.05, 3.63) is 48.0 Å². The van der Waals surface area contributed by atoms with Gasteiger partial charge in [0.1, 0.15) is 0 Å². The van der Waals surface area contributed by atoms with Crippen molar-refractivity contribution in [3.8, 4) is 17.2 Å². The molecule has 0 bridgehead atoms. The summed E-state index contributed by atoms with van der Waals surface area (Å²) in [6, 6.07) is 14.2. The van der Waals surface area contributed by atoms with Gasteiger partial charge in [-0.2, -0.15) is 0 Å². The molecule has 162 valence electrons. The molecule has 1 aliphatic rings. The number of nitrogens with zero attached hydrogens (tertiary/aromatic N) is 2. The van der Waals surface area contributed by atoms with Crippen molar-refractivity contribution in [3.63, 3.8) is 0 Å². The van der Waals surface area contributed by atoms with E-state index in [2.05, 4.69) is 29.2 Å². The minimum Gasteiger partial charge on any atom is -0.493 e. The number of carbonyl (C=O) groups is 1. The first kappa shape index (κ1) is 21.8. The van der Waals surface area contributed by atoms with Crippen LogP contribution in [0.2, 0.25) is 0 Å². The predicted molar refractivity (Wildman–Crippen MR) is 117 cm³/mol. The van der Waals surface area contributed by atoms with Gasteiger partial charge in [0.15, 0.2) is 18.0 Å². The zero-order chi connectivity index (χ0) is 21.5. The highest BCUT2D eigenvalue weighted by Crippen LogP contribution is 2.40. The van der Waals surface area contributed by atoms with E-state index in [1.807, 2.05) is 25.2 Å². The number of benzene rings is 2. The molecular formula is C23H32N3O4+. The number of para-hydroxylation sites is 1. The van der Waals surface area contributed by atoms with Gasteiger partial charge in [-0.25, -0.2) is 0 Å². The van der Waals surface area contributed by atoms with E-state index in [0.717, 1.165) is 31.7 Å². The number of hydrogen-bond acceptors (Lipinski definition) is 5. The Balaban J connectivity index is 1.57. The second kappa shape index (κ2) is 10.2. The number of methoxy groups -OCH3 is 3. The average molecular weight is 415 g/mol. The standard InChI is InChI=1S/C23H31N3O4/c1-24(16-18-10-11-20(28-2)23(30-4)22(18)29-3)21(27)17-25-12-14-26(15-13-25)19-8-6-5-7-9-19/h5-11H,12-17H2,1-4H3/p+1. The van der Waals surface area contributed by atoms with E-state index in [1.54, 1.807) is 26.2 Å². The monoisotopic (exact) mass is 414 g/mol. The number of amides is 1. The molecule has 0 unspecified atom stereocenters. The molecule has 7 nitrogen and oxygen atoms in total. The summed E-state index contributed by atoms with van der Waals surface area (Å²) in [4.78, 5) is 18.3. The molecule has 1 N–H and O–H groups in total. The molecule has 1 aliphatic heterocycles. The molecule has 0 aromatic heterocycles. The lowest BCUT2D eigenvalue weighted by Crippen LogP contribution is -3.15. The largest absolute Gasteiger partial charge is 0.493 e. The van der Waals surface area contributed by atoms with E-state index in [9.17, 15) is 4.79 Å². The Labute approximate surface area is 178 Å². The van der Waals surface area contributed by atoms with Crippen molar-refractivity contribution in [2.24, 2.45) is 0 Å². The van der Waals surface area contributed by atoms with Crippen molar-refractivity contribution in [2.45, 2.75) is 6.54 Å². The highest BCUT2D eigenvalue weighted by molar-refractivity contribution is 5.77. The smallest absolute Gasteiger partial charge is 0.277 e. The van der Waals surface area contributed by atoms with Crippen LogP contribution in [0.1, 0.15) is 5.56 Å². The van der Waals surface area contributed by atoms with Gasteiger partial charge in [-0.15, -0.1) is 0 Å². The van der Waals surface area contributed by atoms with E-state index < -0.39 is 0 Å². The van der Waals surface area contributed by atoms with Crippen LogP contribution in [0.4, 0.5) is 5.69 Å². The maximum atomic E-state index is 12.8. The van der Waals surface area contributed by atoms with E-state index in [-0.39, 0.29) is 5.91 Å². The molecule has 1 saturated heterocycles. The summed E-state index contributed by atoms with van der Waals surface area (Å²) in [5.41, 5.74) is 2.13. The number of ether oxygens (including phenoxy) is 3. The second-order valence-electron chi connectivity index (χ2n) is 7.49. The van der Waals surface area contributed by atoms with Crippen LogP contribution in [0.25, 0.3) is 0 Å². The molecule has 3 rings (SSSR count). The van der Waals surface area contributed by atoms with Crippen molar-refractivity contribution >= 4 is 11.6 Å². The second-order valence-corrected chi connectivity index (χ2v) is 7.49. The van der Waals surface area contributed by atoms with Crippen molar-refractivity contribution in [1.29, 1.82) is 0 Å². The average Bonchev–Trinajstić information content (AvgIpc) is 2.79. The summed E-state index contributed by atoms with van der Waals surface area (Å²) in [6.45, 7) is 4.77. The third kappa shape index (κ3) is 4.97. The molecule has 0 aliphatic carbocycles. The number of anilines is 1. The van der Waals surface area contributed by atoms with Crippen LogP contribution in [0.15, 0.2) is 42.5 Å². The fourth-order valence-corrected chi connectivity index (χ4v) is 3.88. The number of carbonyl (C=O) groups excluding carboxylic acids is 1. The van der Waals surface area contributed by atoms with Gasteiger partial charge in [0, 0.05) is 24.8 Å². The van der Waals surface area contributed by atoms with Crippen LogP contribution in [0, 0.1) is 0 Å². The number of piperazine rings is 1. The quantitative estimate of drug-likeness (QED) is 0.701. The first-order chi connectivity index (χ1) is 14.6. The van der Waals surface area contributed by atoms with Gasteiger partial charge in [-0.1, -0.05) is 18.2 Å². The lowest BCUT2D eigenvalue weighted by molar-refractivity contribution is -0.892. The van der Waals surface area contributed by atoms with Crippen LogP contribution >= 0.6 is 0 Å². The summed E-state index contributed by atoms with van der Waals surface area (Å²) in [5.74, 6) is 1.86. The van der Waals surface area contributed by atoms with Crippen LogP contribution < -0.4 is 24.0 Å². The number of likely N-dealkylation sites (N-methyl/N-ethyl adjacent to an activating group) is 1. The van der Waals surface area contributed by atoms with Crippen LogP contribution in [-0.4, -0.2) is 71.9 Å². The minimum atomic E-state index is 0.120. The molecule has 0 atom stereocenters. The Morgan fingerprint density at radius 2 is 1.63 bits per heavy atom. The predicted octanol–water partition coefficient (Wildman–Crippen LogP) is 1.08. The minimum absolute atomic E-state index is 0.120. The Morgan fingerprint density at radius 3 is 2.23 bits per heavy atom. The molecule has 0 radical (unpaired) electrons. The summed E-state index contributed by atoms with van der Waals surface area (Å²) in [7, 11) is 6.60. The van der Waals surface area contributed by atoms with Crippen LogP contribution in [0.5, 0.6) is 17.2 Å². The Bertz CT molecular complexity index is 836. The molecule has 2 aromatic rings. The van der Waals surface area contributed by atoms with Gasteiger partial charge in [0.25, 0.3) is 5.91 Å². The van der Waals surface area contributed by atoms with Crippen molar-refractivity contribution < 1.29 is 23.9 Å². The summed E-state index contributed by atoms with van der Waals surface area (Å²) < 4.78 is 16.3. The summed E-state index contributed by atoms with van der Waals surface area (Å²) >= 11 is 0. The van der Waals surface area contributed by atoms with E-state index >= 15 is 0 Å². The van der Waals surface area contributed by atoms with Gasteiger partial charge >= 0.3 is 0 Å². The van der Waals surface area contributed by atoms with Crippen molar-refractivity contribution in [2.75, 3.05) is 66.0 Å². The number of quaternary nitrogens is 1. The van der Waals surface area contributed by atoms with Gasteiger partial charge in [-0.05, 0) is 24.3 Å². The molecule has 0 spiro atoms. The van der Waals surface area contributed by atoms with E-state index in [0.29, 0.717) is 30.3 Å². The lowest BCUT2D eigenvalue weighted by Gasteiger charge is -2.34. The van der Waals surface area contributed by atoms with Gasteiger partial charge < -0.3 is 28.9 Å². The first-order valence-electron chi connectivity index (χ1n) is 10.2. The van der Waals surface area contributed by atoms with Crippen molar-refractivity contribution in [1.82, 2.24) is 4.90 Å². The molecule has 0 saturated carbocycles. The highest BCUT2D eigenvalue weighted by atomic mass is 16.5. The fourth-order valence-electron chi connectivity index (χ4n) is 3.88. The van der Waals surface area contributed by atoms with Crippen LogP contribution in [0.3, 0.4) is 0 Å². The molecule has 1 heterocycles. The number of rotatable bonds is 8. The molecule has 1 fully saturated rings. The normalized spacial score (nSPS) is 14.3. The topological polar surface area (TPSA) is 55.7 Å². The molecule has 7 heteroatoms. The first-order valence-corrected chi connectivity index (χ1v) is 10.2. The van der Waals surface area contributed by atoms with E-state index in [4.69, 9.17) is 14.2 Å². The van der Waals surface area contributed by atoms with Crippen LogP contribution in [-0.2, 0) is 11.3 Å². The molecule has 30 heavy (non-hydrogen) atoms. The summed E-state index contributed by atoms with van der Waals surface area (Å²) in [5, 5.41) is 0. The third-order valence-electron chi connectivity index (χ3n) is 5.61. The van der Waals surface area contributed by atoms with E-state index in [1.165, 1.54) is 10.6 Å². The number of nitrogens with one attached hydrogen (secondary N) is 1. The maximum absolute atomic E-state index is 12.8. The van der Waals surface area contributed by atoms with Gasteiger partial charge in [-0.3, -0.25) is 4.79 Å². The maximum Gasteiger partial charge on any atom is 0.277 e. The number of hydrogen-bond donors (Lipinski definition) is 1. The Morgan fingerprint density at radius 1 is 0.967 bits per heavy atom. The lowest BCUT2D eigenvalue weighted by atomic mass is 10.1. The Kier molecular flexibility index (Phi) is 7.41. The third-order valence-corrected chi connectivity index (χ3v) is 5.61. The zero-order valence-electron chi connectivity index (χ0n) is 18.3.